The van der Waals surface area contributed by atoms with Gasteiger partial charge in [0, 0.05) is 13.0 Å². The van der Waals surface area contributed by atoms with E-state index in [1.165, 1.54) is 17.3 Å². The van der Waals surface area contributed by atoms with E-state index >= 15 is 0 Å². The molecule has 1 aliphatic rings. The monoisotopic (exact) mass is 455 g/mol. The lowest BCUT2D eigenvalue weighted by Crippen LogP contribution is -2.27. The van der Waals surface area contributed by atoms with Crippen LogP contribution in [0, 0.1) is 0 Å². The summed E-state index contributed by atoms with van der Waals surface area (Å²) < 4.78 is 12.3. The normalized spacial score (nSPS) is 16.1. The Labute approximate surface area is 194 Å². The summed E-state index contributed by atoms with van der Waals surface area (Å²) in [5.74, 6) is 2.20. The Morgan fingerprint density at radius 1 is 1.06 bits per heavy atom. The second-order valence-corrected chi connectivity index (χ2v) is 9.10. The van der Waals surface area contributed by atoms with Crippen LogP contribution >= 0.6 is 24.0 Å². The number of hydrogen-bond acceptors (Lipinski definition) is 5. The van der Waals surface area contributed by atoms with E-state index in [2.05, 4.69) is 26.0 Å². The number of carbonyl (C=O) groups excluding carboxylic acids is 1. The maximum absolute atomic E-state index is 12.4. The van der Waals surface area contributed by atoms with E-state index in [-0.39, 0.29) is 5.91 Å². The molecule has 0 radical (unpaired) electrons. The molecule has 1 saturated heterocycles. The molecule has 1 atom stereocenters. The number of likely N-dealkylation sites (N-methyl/N-ethyl adjacent to an activating group) is 1. The number of benzene rings is 2. The smallest absolute Gasteiger partial charge is 0.266 e. The van der Waals surface area contributed by atoms with Crippen LogP contribution in [-0.4, -0.2) is 34.9 Å². The first kappa shape index (κ1) is 23.4. The molecule has 1 amide bonds. The van der Waals surface area contributed by atoms with Crippen molar-refractivity contribution in [2.24, 2.45) is 0 Å². The number of carbonyl (C=O) groups is 1. The lowest BCUT2D eigenvalue weighted by Gasteiger charge is -2.11. The van der Waals surface area contributed by atoms with E-state index in [4.69, 9.17) is 21.7 Å². The zero-order chi connectivity index (χ0) is 22.2. The van der Waals surface area contributed by atoms with Crippen LogP contribution in [-0.2, 0) is 4.79 Å². The van der Waals surface area contributed by atoms with E-state index < -0.39 is 0 Å². The number of rotatable bonds is 10. The molecule has 0 aliphatic carbocycles. The molecule has 3 rings (SSSR count). The minimum Gasteiger partial charge on any atom is -0.493 e. The van der Waals surface area contributed by atoms with Crippen LogP contribution in [0.4, 0.5) is 0 Å². The number of hydrogen-bond donors (Lipinski definition) is 0. The third-order valence-electron chi connectivity index (χ3n) is 5.23. The lowest BCUT2D eigenvalue weighted by molar-refractivity contribution is -0.121. The van der Waals surface area contributed by atoms with Gasteiger partial charge in [-0.3, -0.25) is 9.69 Å². The maximum Gasteiger partial charge on any atom is 0.266 e. The Bertz CT molecular complexity index is 940. The Kier molecular flexibility index (Phi) is 8.55. The van der Waals surface area contributed by atoms with Crippen molar-refractivity contribution in [3.63, 3.8) is 0 Å². The van der Waals surface area contributed by atoms with Crippen LogP contribution < -0.4 is 9.47 Å². The Hall–Kier alpha value is -2.31. The minimum atomic E-state index is -0.0295. The van der Waals surface area contributed by atoms with E-state index in [0.29, 0.717) is 34.9 Å². The molecule has 2 aromatic rings. The zero-order valence-electron chi connectivity index (χ0n) is 18.3. The third-order valence-corrected chi connectivity index (χ3v) is 6.61. The van der Waals surface area contributed by atoms with Crippen molar-refractivity contribution in [1.29, 1.82) is 0 Å². The largest absolute Gasteiger partial charge is 0.493 e. The second-order valence-electron chi connectivity index (χ2n) is 7.43. The van der Waals surface area contributed by atoms with E-state index in [1.807, 2.05) is 49.4 Å². The summed E-state index contributed by atoms with van der Waals surface area (Å²) >= 11 is 6.61. The van der Waals surface area contributed by atoms with Gasteiger partial charge < -0.3 is 9.47 Å². The standard InChI is InChI=1S/C25H29NO3S2/c1-4-18(3)20-10-12-21(13-11-20)28-14-7-15-29-22-9-6-8-19(16-22)17-23-24(27)26(5-2)25(30)31-23/h6,8-13,16-18H,4-5,7,14-15H2,1-3H3/b23-17-/t18-/m0/s1. The predicted octanol–water partition coefficient (Wildman–Crippen LogP) is 6.27. The highest BCUT2D eigenvalue weighted by molar-refractivity contribution is 8.26. The van der Waals surface area contributed by atoms with Gasteiger partial charge in [-0.1, -0.05) is 62.1 Å². The van der Waals surface area contributed by atoms with Gasteiger partial charge >= 0.3 is 0 Å². The van der Waals surface area contributed by atoms with Gasteiger partial charge in [0.25, 0.3) is 5.91 Å². The first-order valence-electron chi connectivity index (χ1n) is 10.7. The van der Waals surface area contributed by atoms with Crippen molar-refractivity contribution in [2.75, 3.05) is 19.8 Å². The van der Waals surface area contributed by atoms with Crippen LogP contribution in [0.15, 0.2) is 53.4 Å². The van der Waals surface area contributed by atoms with Crippen molar-refractivity contribution < 1.29 is 14.3 Å². The van der Waals surface area contributed by atoms with Crippen LogP contribution in [0.25, 0.3) is 6.08 Å². The van der Waals surface area contributed by atoms with Crippen molar-refractivity contribution >= 4 is 40.3 Å². The highest BCUT2D eigenvalue weighted by atomic mass is 32.2. The van der Waals surface area contributed by atoms with Gasteiger partial charge in [-0.15, -0.1) is 0 Å². The fraction of sp³-hybridized carbons (Fsp3) is 0.360. The van der Waals surface area contributed by atoms with Gasteiger partial charge in [-0.25, -0.2) is 0 Å². The molecule has 31 heavy (non-hydrogen) atoms. The van der Waals surface area contributed by atoms with Gasteiger partial charge in [-0.05, 0) is 60.7 Å². The van der Waals surface area contributed by atoms with Crippen LogP contribution in [0.2, 0.25) is 0 Å². The van der Waals surface area contributed by atoms with Gasteiger partial charge in [-0.2, -0.15) is 0 Å². The molecule has 0 bridgehead atoms. The fourth-order valence-electron chi connectivity index (χ4n) is 3.19. The highest BCUT2D eigenvalue weighted by Gasteiger charge is 2.30. The van der Waals surface area contributed by atoms with E-state index in [1.54, 1.807) is 4.90 Å². The van der Waals surface area contributed by atoms with Crippen molar-refractivity contribution in [3.05, 3.63) is 64.6 Å². The molecule has 164 valence electrons. The average Bonchev–Trinajstić information content (AvgIpc) is 3.05. The SMILES string of the molecule is CC[C@H](C)c1ccc(OCCCOc2cccc(/C=C3\SC(=S)N(CC)C3=O)c2)cc1. The first-order valence-corrected chi connectivity index (χ1v) is 11.9. The summed E-state index contributed by atoms with van der Waals surface area (Å²) in [5, 5.41) is 0. The van der Waals surface area contributed by atoms with Crippen molar-refractivity contribution in [1.82, 2.24) is 4.90 Å². The topological polar surface area (TPSA) is 38.8 Å². The summed E-state index contributed by atoms with van der Waals surface area (Å²) in [6.07, 6.45) is 3.79. The second kappa shape index (κ2) is 11.3. The fourth-order valence-corrected chi connectivity index (χ4v) is 4.57. The summed E-state index contributed by atoms with van der Waals surface area (Å²) in [4.78, 5) is 14.6. The van der Waals surface area contributed by atoms with E-state index in [9.17, 15) is 4.79 Å². The van der Waals surface area contributed by atoms with Crippen LogP contribution in [0.3, 0.4) is 0 Å². The molecule has 2 aromatic carbocycles. The number of nitrogens with zero attached hydrogens (tertiary/aromatic N) is 1. The molecular formula is C25H29NO3S2. The molecular weight excluding hydrogens is 426 g/mol. The molecule has 0 saturated carbocycles. The first-order chi connectivity index (χ1) is 15.0. The Morgan fingerprint density at radius 3 is 2.42 bits per heavy atom. The summed E-state index contributed by atoms with van der Waals surface area (Å²) in [7, 11) is 0. The number of amides is 1. The van der Waals surface area contributed by atoms with Gasteiger partial charge in [0.2, 0.25) is 0 Å². The molecule has 1 aliphatic heterocycles. The zero-order valence-corrected chi connectivity index (χ0v) is 19.9. The predicted molar refractivity (Wildman–Crippen MR) is 133 cm³/mol. The number of thiocarbonyl (C=S) groups is 1. The van der Waals surface area contributed by atoms with Gasteiger partial charge in [0.1, 0.15) is 15.8 Å². The molecule has 0 aromatic heterocycles. The molecule has 6 heteroatoms. The van der Waals surface area contributed by atoms with Crippen molar-refractivity contribution in [2.45, 2.75) is 39.5 Å². The van der Waals surface area contributed by atoms with Crippen LogP contribution in [0.5, 0.6) is 11.5 Å². The van der Waals surface area contributed by atoms with Gasteiger partial charge in [0.15, 0.2) is 0 Å². The summed E-state index contributed by atoms with van der Waals surface area (Å²) in [5.41, 5.74) is 2.27. The highest BCUT2D eigenvalue weighted by Crippen LogP contribution is 2.32. The lowest BCUT2D eigenvalue weighted by atomic mass is 9.99. The molecule has 4 nitrogen and oxygen atoms in total. The van der Waals surface area contributed by atoms with Crippen LogP contribution in [0.1, 0.15) is 50.7 Å². The quantitative estimate of drug-likeness (QED) is 0.240. The van der Waals surface area contributed by atoms with E-state index in [0.717, 1.165) is 29.9 Å². The minimum absolute atomic E-state index is 0.0295. The number of thioether (sulfide) groups is 1. The third kappa shape index (κ3) is 6.34. The van der Waals surface area contributed by atoms with Crippen molar-refractivity contribution in [3.8, 4) is 11.5 Å². The summed E-state index contributed by atoms with van der Waals surface area (Å²) in [6, 6.07) is 16.1. The molecule has 1 fully saturated rings. The Morgan fingerprint density at radius 2 is 1.77 bits per heavy atom. The maximum atomic E-state index is 12.4. The van der Waals surface area contributed by atoms with Gasteiger partial charge in [0.05, 0.1) is 18.1 Å². The Balaban J connectivity index is 1.46. The molecule has 1 heterocycles. The molecule has 0 N–H and O–H groups in total. The summed E-state index contributed by atoms with van der Waals surface area (Å²) in [6.45, 7) is 8.11. The molecule has 0 spiro atoms. The molecule has 0 unspecified atom stereocenters. The number of ether oxygens (including phenoxy) is 2. The average molecular weight is 456 g/mol.